The van der Waals surface area contributed by atoms with Crippen LogP contribution < -0.4 is 5.73 Å². The van der Waals surface area contributed by atoms with Gasteiger partial charge < -0.3 is 10.5 Å². The smallest absolute Gasteiger partial charge is 0.139 e. The highest BCUT2D eigenvalue weighted by Crippen LogP contribution is 2.49. The summed E-state index contributed by atoms with van der Waals surface area (Å²) in [7, 11) is 0. The molecule has 24 heavy (non-hydrogen) atoms. The molecule has 2 N–H and O–H groups in total. The summed E-state index contributed by atoms with van der Waals surface area (Å²) in [4.78, 5) is 12.8. The molecule has 2 aliphatic rings. The van der Waals surface area contributed by atoms with Crippen molar-refractivity contribution in [3.05, 3.63) is 18.0 Å². The van der Waals surface area contributed by atoms with Crippen LogP contribution in [0.4, 0.5) is 4.39 Å². The Morgan fingerprint density at radius 1 is 1.54 bits per heavy atom. The third kappa shape index (κ3) is 2.96. The van der Waals surface area contributed by atoms with Crippen LogP contribution in [0.15, 0.2) is 12.4 Å². The molecule has 0 bridgehead atoms. The number of Topliss-reactive ketones (excluding diaryl/α,β-unsaturated/α-hetero) is 1. The Morgan fingerprint density at radius 3 is 2.96 bits per heavy atom. The summed E-state index contributed by atoms with van der Waals surface area (Å²) in [5, 5.41) is 13.7. The summed E-state index contributed by atoms with van der Waals surface area (Å²) in [6.45, 7) is 3.72. The number of fused-ring (bicyclic) bond motifs is 1. The summed E-state index contributed by atoms with van der Waals surface area (Å²) in [5.41, 5.74) is 6.70. The molecule has 0 aromatic carbocycles. The lowest BCUT2D eigenvalue weighted by atomic mass is 9.62. The molecule has 2 heterocycles. The average molecular weight is 334 g/mol. The Bertz CT molecular complexity index is 666. The maximum absolute atomic E-state index is 12.8. The Balaban J connectivity index is 1.98. The molecule has 1 saturated heterocycles. The van der Waals surface area contributed by atoms with E-state index in [2.05, 4.69) is 11.2 Å². The summed E-state index contributed by atoms with van der Waals surface area (Å²) in [6, 6.07) is 2.20. The van der Waals surface area contributed by atoms with Gasteiger partial charge in [-0.3, -0.25) is 9.48 Å². The molecule has 1 aromatic rings. The van der Waals surface area contributed by atoms with E-state index in [0.29, 0.717) is 6.42 Å². The van der Waals surface area contributed by atoms with Gasteiger partial charge in [0.15, 0.2) is 0 Å². The third-order valence-electron chi connectivity index (χ3n) is 5.14. The minimum absolute atomic E-state index is 0.103. The van der Waals surface area contributed by atoms with E-state index in [1.54, 1.807) is 12.4 Å². The molecule has 5 atom stereocenters. The van der Waals surface area contributed by atoms with Crippen LogP contribution in [0, 0.1) is 28.6 Å². The molecule has 1 aliphatic heterocycles. The molecular weight excluding hydrogens is 311 g/mol. The fourth-order valence-corrected chi connectivity index (χ4v) is 4.15. The number of nitrogens with zero attached hydrogens (tertiary/aromatic N) is 3. The number of aromatic nitrogens is 2. The number of ketones is 1. The van der Waals surface area contributed by atoms with Crippen molar-refractivity contribution in [3.63, 3.8) is 0 Å². The number of carbonyl (C=O) groups excluding carboxylic acids is 1. The lowest BCUT2D eigenvalue weighted by molar-refractivity contribution is -0.163. The van der Waals surface area contributed by atoms with E-state index in [4.69, 9.17) is 10.5 Å². The van der Waals surface area contributed by atoms with Gasteiger partial charge in [-0.25, -0.2) is 4.39 Å². The van der Waals surface area contributed by atoms with Gasteiger partial charge in [-0.05, 0) is 17.4 Å². The van der Waals surface area contributed by atoms with Gasteiger partial charge in [0.1, 0.15) is 18.7 Å². The van der Waals surface area contributed by atoms with Crippen LogP contribution in [0.1, 0.15) is 38.2 Å². The topological polar surface area (TPSA) is 93.9 Å². The molecule has 0 spiro atoms. The second kappa shape index (κ2) is 6.26. The van der Waals surface area contributed by atoms with Crippen LogP contribution in [0.2, 0.25) is 0 Å². The van der Waals surface area contributed by atoms with E-state index in [-0.39, 0.29) is 29.8 Å². The van der Waals surface area contributed by atoms with Gasteiger partial charge in [-0.1, -0.05) is 13.8 Å². The van der Waals surface area contributed by atoms with Gasteiger partial charge in [0.05, 0.1) is 36.8 Å². The van der Waals surface area contributed by atoms with E-state index < -0.39 is 24.7 Å². The molecule has 1 aliphatic carbocycles. The number of rotatable bonds is 3. The van der Waals surface area contributed by atoms with E-state index >= 15 is 0 Å². The Labute approximate surface area is 140 Å². The van der Waals surface area contributed by atoms with Gasteiger partial charge in [-0.15, -0.1) is 0 Å². The van der Waals surface area contributed by atoms with E-state index in [9.17, 15) is 14.4 Å². The minimum atomic E-state index is -0.743. The first-order valence-electron chi connectivity index (χ1n) is 8.28. The number of ether oxygens (including phenoxy) is 1. The zero-order valence-corrected chi connectivity index (χ0v) is 14.0. The van der Waals surface area contributed by atoms with Gasteiger partial charge in [0, 0.05) is 18.5 Å². The van der Waals surface area contributed by atoms with Gasteiger partial charge in [-0.2, -0.15) is 10.4 Å². The van der Waals surface area contributed by atoms with Crippen molar-refractivity contribution in [3.8, 4) is 6.07 Å². The third-order valence-corrected chi connectivity index (χ3v) is 5.14. The number of hydrogen-bond acceptors (Lipinski definition) is 5. The largest absolute Gasteiger partial charge is 0.358 e. The molecule has 7 heteroatoms. The van der Waals surface area contributed by atoms with Crippen molar-refractivity contribution in [1.82, 2.24) is 9.78 Å². The first kappa shape index (κ1) is 17.1. The lowest BCUT2D eigenvalue weighted by Crippen LogP contribution is -2.56. The minimum Gasteiger partial charge on any atom is -0.358 e. The van der Waals surface area contributed by atoms with Gasteiger partial charge in [0.2, 0.25) is 0 Å². The molecule has 1 saturated carbocycles. The first-order chi connectivity index (χ1) is 11.4. The number of nitriles is 1. The Hall–Kier alpha value is -1.78. The maximum Gasteiger partial charge on any atom is 0.139 e. The Kier molecular flexibility index (Phi) is 4.45. The highest BCUT2D eigenvalue weighted by molar-refractivity contribution is 5.84. The first-order valence-corrected chi connectivity index (χ1v) is 8.28. The average Bonchev–Trinajstić information content (AvgIpc) is 2.93. The molecule has 0 amide bonds. The van der Waals surface area contributed by atoms with Crippen LogP contribution in [-0.2, 0) is 16.1 Å². The monoisotopic (exact) mass is 334 g/mol. The molecule has 1 aromatic heterocycles. The molecule has 2 fully saturated rings. The highest BCUT2D eigenvalue weighted by atomic mass is 19.1. The number of carbonyl (C=O) groups is 1. The normalized spacial score (nSPS) is 35.3. The summed E-state index contributed by atoms with van der Waals surface area (Å²) < 4.78 is 19.9. The van der Waals surface area contributed by atoms with Crippen LogP contribution in [0.5, 0.6) is 0 Å². The Morgan fingerprint density at radius 2 is 2.29 bits per heavy atom. The SMILES string of the molecule is CC1(C)CC(=O)[C@H]2[C@H](c3cnn(CCF)c3)[C@@H](C#N)[C@@H](N)O[C@H]2C1. The maximum atomic E-state index is 12.8. The number of aryl methyl sites for hydroxylation is 1. The van der Waals surface area contributed by atoms with Gasteiger partial charge in [0.25, 0.3) is 0 Å². The molecular formula is C17H23FN4O2. The molecule has 130 valence electrons. The molecule has 3 rings (SSSR count). The van der Waals surface area contributed by atoms with E-state index in [1.807, 2.05) is 13.8 Å². The lowest BCUT2D eigenvalue weighted by Gasteiger charge is -2.48. The van der Waals surface area contributed by atoms with Crippen molar-refractivity contribution in [2.45, 2.75) is 51.5 Å². The standard InChI is InChI=1S/C17H23FN4O2/c1-17(2)5-12(23)15-13(6-17)24-16(20)11(7-19)14(15)10-8-21-22(9-10)4-3-18/h8-9,11,13-16H,3-6,20H2,1-2H3/t11-,13+,14-,15-,16+/m1/s1. The predicted octanol–water partition coefficient (Wildman–Crippen LogP) is 1.76. The number of halogens is 1. The second-order valence-corrected chi connectivity index (χ2v) is 7.58. The quantitative estimate of drug-likeness (QED) is 0.909. The molecule has 6 nitrogen and oxygen atoms in total. The van der Waals surface area contributed by atoms with Crippen LogP contribution in [0.25, 0.3) is 0 Å². The van der Waals surface area contributed by atoms with Crippen molar-refractivity contribution < 1.29 is 13.9 Å². The van der Waals surface area contributed by atoms with Crippen molar-refractivity contribution >= 4 is 5.78 Å². The highest BCUT2D eigenvalue weighted by Gasteiger charge is 2.53. The van der Waals surface area contributed by atoms with Crippen molar-refractivity contribution in [1.29, 1.82) is 5.26 Å². The van der Waals surface area contributed by atoms with E-state index in [1.165, 1.54) is 4.68 Å². The summed E-state index contributed by atoms with van der Waals surface area (Å²) in [6.07, 6.45) is 3.48. The van der Waals surface area contributed by atoms with Gasteiger partial charge >= 0.3 is 0 Å². The summed E-state index contributed by atoms with van der Waals surface area (Å²) in [5.74, 6) is -1.28. The predicted molar refractivity (Wildman–Crippen MR) is 84.4 cm³/mol. The number of alkyl halides is 1. The van der Waals surface area contributed by atoms with Crippen LogP contribution >= 0.6 is 0 Å². The van der Waals surface area contributed by atoms with E-state index in [0.717, 1.165) is 12.0 Å². The second-order valence-electron chi connectivity index (χ2n) is 7.58. The van der Waals surface area contributed by atoms with Crippen LogP contribution in [-0.4, -0.2) is 34.6 Å². The zero-order valence-electron chi connectivity index (χ0n) is 14.0. The summed E-state index contributed by atoms with van der Waals surface area (Å²) >= 11 is 0. The fraction of sp³-hybridized carbons (Fsp3) is 0.706. The zero-order chi connectivity index (χ0) is 17.5. The van der Waals surface area contributed by atoms with Crippen molar-refractivity contribution in [2.24, 2.45) is 23.0 Å². The van der Waals surface area contributed by atoms with Crippen molar-refractivity contribution in [2.75, 3.05) is 6.67 Å². The number of hydrogen-bond donors (Lipinski definition) is 1. The molecule has 0 radical (unpaired) electrons. The van der Waals surface area contributed by atoms with Crippen LogP contribution in [0.3, 0.4) is 0 Å². The fourth-order valence-electron chi connectivity index (χ4n) is 4.15. The number of nitrogens with two attached hydrogens (primary N) is 1. The molecule has 0 unspecified atom stereocenters.